The second-order valence-electron chi connectivity index (χ2n) is 7.91. The van der Waals surface area contributed by atoms with E-state index in [0.717, 1.165) is 33.1 Å². The summed E-state index contributed by atoms with van der Waals surface area (Å²) in [5.41, 5.74) is 5.40. The fourth-order valence-electron chi connectivity index (χ4n) is 3.72. The molecule has 0 spiro atoms. The highest BCUT2D eigenvalue weighted by molar-refractivity contribution is 7.99. The Morgan fingerprint density at radius 1 is 0.943 bits per heavy atom. The predicted octanol–water partition coefficient (Wildman–Crippen LogP) is 4.87. The smallest absolute Gasteiger partial charge is 0.264 e. The van der Waals surface area contributed by atoms with Gasteiger partial charge in [-0.05, 0) is 40.8 Å². The number of nitrogen functional groups attached to an aromatic ring is 1. The SMILES string of the molecule is C/C(=N\Nc1nnc(SCC(=O)Nc2cccc3ccccc23)n1N)c1ccc2ccccc2c1. The minimum atomic E-state index is -0.158. The van der Waals surface area contributed by atoms with Gasteiger partial charge in [-0.15, -0.1) is 10.2 Å². The van der Waals surface area contributed by atoms with Crippen LogP contribution in [0.15, 0.2) is 95.2 Å². The predicted molar refractivity (Wildman–Crippen MR) is 143 cm³/mol. The third-order valence-electron chi connectivity index (χ3n) is 5.55. The van der Waals surface area contributed by atoms with E-state index in [0.29, 0.717) is 5.16 Å². The molecule has 0 bridgehead atoms. The molecule has 35 heavy (non-hydrogen) atoms. The van der Waals surface area contributed by atoms with Gasteiger partial charge in [0.05, 0.1) is 11.5 Å². The van der Waals surface area contributed by atoms with Gasteiger partial charge in [-0.25, -0.2) is 10.1 Å². The molecule has 0 saturated heterocycles. The first-order valence-electron chi connectivity index (χ1n) is 11.0. The Labute approximate surface area is 206 Å². The van der Waals surface area contributed by atoms with Gasteiger partial charge < -0.3 is 11.2 Å². The zero-order valence-electron chi connectivity index (χ0n) is 19.0. The highest BCUT2D eigenvalue weighted by Gasteiger charge is 2.13. The van der Waals surface area contributed by atoms with Gasteiger partial charge in [0, 0.05) is 11.1 Å². The van der Waals surface area contributed by atoms with Gasteiger partial charge in [-0.2, -0.15) is 5.10 Å². The first-order chi connectivity index (χ1) is 17.1. The molecule has 4 aromatic carbocycles. The average molecular weight is 482 g/mol. The molecule has 0 radical (unpaired) electrons. The fraction of sp³-hybridized carbons (Fsp3) is 0.0769. The number of thioether (sulfide) groups is 1. The van der Waals surface area contributed by atoms with E-state index in [1.807, 2.05) is 67.6 Å². The lowest BCUT2D eigenvalue weighted by Gasteiger charge is -2.08. The van der Waals surface area contributed by atoms with Crippen molar-refractivity contribution in [3.8, 4) is 0 Å². The number of benzene rings is 4. The molecule has 5 aromatic rings. The molecule has 0 unspecified atom stereocenters. The molecule has 1 heterocycles. The molecule has 0 saturated carbocycles. The molecule has 0 atom stereocenters. The normalized spacial score (nSPS) is 11.6. The van der Waals surface area contributed by atoms with Crippen molar-refractivity contribution in [2.24, 2.45) is 5.10 Å². The van der Waals surface area contributed by atoms with Crippen LogP contribution in [-0.2, 0) is 4.79 Å². The van der Waals surface area contributed by atoms with Crippen molar-refractivity contribution in [2.75, 3.05) is 22.3 Å². The number of amides is 1. The molecule has 1 amide bonds. The van der Waals surface area contributed by atoms with Crippen LogP contribution in [0.2, 0.25) is 0 Å². The summed E-state index contributed by atoms with van der Waals surface area (Å²) in [7, 11) is 0. The highest BCUT2D eigenvalue weighted by atomic mass is 32.2. The van der Waals surface area contributed by atoms with Crippen LogP contribution in [0, 0.1) is 0 Å². The van der Waals surface area contributed by atoms with Gasteiger partial charge in [0.1, 0.15) is 0 Å². The standard InChI is InChI=1S/C26H23N7OS/c1-17(20-14-13-18-7-2-3-9-21(18)15-20)29-30-25-31-32-26(33(25)27)35-16-24(34)28-23-12-6-10-19-8-4-5-11-22(19)23/h2-15H,16,27H2,1H3,(H,28,34)(H,30,31)/b29-17+. The van der Waals surface area contributed by atoms with Crippen molar-refractivity contribution in [1.82, 2.24) is 14.9 Å². The van der Waals surface area contributed by atoms with E-state index < -0.39 is 0 Å². The van der Waals surface area contributed by atoms with E-state index in [-0.39, 0.29) is 17.6 Å². The summed E-state index contributed by atoms with van der Waals surface area (Å²) >= 11 is 1.20. The Balaban J connectivity index is 1.22. The molecule has 4 N–H and O–H groups in total. The molecule has 1 aromatic heterocycles. The zero-order chi connectivity index (χ0) is 24.2. The van der Waals surface area contributed by atoms with Gasteiger partial charge >= 0.3 is 0 Å². The van der Waals surface area contributed by atoms with Gasteiger partial charge in [0.2, 0.25) is 11.1 Å². The number of carbonyl (C=O) groups excluding carboxylic acids is 1. The molecule has 174 valence electrons. The average Bonchev–Trinajstić information content (AvgIpc) is 3.25. The largest absolute Gasteiger partial charge is 0.334 e. The molecule has 5 rings (SSSR count). The number of nitrogens with zero attached hydrogens (tertiary/aromatic N) is 4. The Bertz CT molecular complexity index is 1550. The first-order valence-corrected chi connectivity index (χ1v) is 12.0. The molecule has 0 aliphatic heterocycles. The number of anilines is 2. The molecular weight excluding hydrogens is 458 g/mol. The number of hydrogen-bond donors (Lipinski definition) is 3. The number of carbonyl (C=O) groups is 1. The van der Waals surface area contributed by atoms with Crippen LogP contribution < -0.4 is 16.6 Å². The molecule has 9 heteroatoms. The van der Waals surface area contributed by atoms with Gasteiger partial charge in [0.25, 0.3) is 5.95 Å². The van der Waals surface area contributed by atoms with Crippen LogP contribution in [0.25, 0.3) is 21.5 Å². The Hall–Kier alpha value is -4.37. The van der Waals surface area contributed by atoms with Crippen LogP contribution in [0.1, 0.15) is 12.5 Å². The number of hydrazone groups is 1. The number of aromatic nitrogens is 3. The maximum Gasteiger partial charge on any atom is 0.264 e. The van der Waals surface area contributed by atoms with Gasteiger partial charge in [0.15, 0.2) is 0 Å². The fourth-order valence-corrected chi connectivity index (χ4v) is 4.37. The number of hydrogen-bond acceptors (Lipinski definition) is 7. The quantitative estimate of drug-likeness (QED) is 0.132. The lowest BCUT2D eigenvalue weighted by molar-refractivity contribution is -0.113. The van der Waals surface area contributed by atoms with E-state index in [9.17, 15) is 4.79 Å². The summed E-state index contributed by atoms with van der Waals surface area (Å²) in [4.78, 5) is 12.5. The van der Waals surface area contributed by atoms with Gasteiger partial charge in [-0.1, -0.05) is 84.6 Å². The molecule has 0 aliphatic rings. The number of nitrogens with two attached hydrogens (primary N) is 1. The lowest BCUT2D eigenvalue weighted by Crippen LogP contribution is -2.17. The van der Waals surface area contributed by atoms with Crippen LogP contribution in [0.4, 0.5) is 11.6 Å². The van der Waals surface area contributed by atoms with E-state index >= 15 is 0 Å². The molecular formula is C26H23N7OS. The van der Waals surface area contributed by atoms with Crippen molar-refractivity contribution in [3.63, 3.8) is 0 Å². The Morgan fingerprint density at radius 2 is 1.69 bits per heavy atom. The first kappa shape index (κ1) is 22.4. The summed E-state index contributed by atoms with van der Waals surface area (Å²) in [6.45, 7) is 1.90. The summed E-state index contributed by atoms with van der Waals surface area (Å²) in [5, 5.41) is 20.3. The highest BCUT2D eigenvalue weighted by Crippen LogP contribution is 2.24. The van der Waals surface area contributed by atoms with Crippen LogP contribution >= 0.6 is 11.8 Å². The zero-order valence-corrected chi connectivity index (χ0v) is 19.8. The number of nitrogens with one attached hydrogen (secondary N) is 2. The van der Waals surface area contributed by atoms with Crippen molar-refractivity contribution in [1.29, 1.82) is 0 Å². The number of rotatable bonds is 7. The second-order valence-corrected chi connectivity index (χ2v) is 8.85. The Morgan fingerprint density at radius 3 is 2.54 bits per heavy atom. The van der Waals surface area contributed by atoms with Crippen molar-refractivity contribution in [2.45, 2.75) is 12.1 Å². The lowest BCUT2D eigenvalue weighted by atomic mass is 10.0. The summed E-state index contributed by atoms with van der Waals surface area (Å²) in [6, 6.07) is 28.0. The number of fused-ring (bicyclic) bond motifs is 2. The molecule has 0 aliphatic carbocycles. The second kappa shape index (κ2) is 9.86. The maximum atomic E-state index is 12.5. The monoisotopic (exact) mass is 481 g/mol. The van der Waals surface area contributed by atoms with Gasteiger partial charge in [-0.3, -0.25) is 4.79 Å². The van der Waals surface area contributed by atoms with Crippen LogP contribution in [0.3, 0.4) is 0 Å². The summed E-state index contributed by atoms with van der Waals surface area (Å²) in [6.07, 6.45) is 0. The minimum Gasteiger partial charge on any atom is -0.334 e. The van der Waals surface area contributed by atoms with Crippen LogP contribution in [-0.4, -0.2) is 32.2 Å². The van der Waals surface area contributed by atoms with E-state index in [1.54, 1.807) is 0 Å². The van der Waals surface area contributed by atoms with Crippen molar-refractivity contribution in [3.05, 3.63) is 90.5 Å². The van der Waals surface area contributed by atoms with Crippen molar-refractivity contribution >= 4 is 56.6 Å². The molecule has 0 fully saturated rings. The topological polar surface area (TPSA) is 110 Å². The minimum absolute atomic E-state index is 0.137. The maximum absolute atomic E-state index is 12.5. The van der Waals surface area contributed by atoms with Crippen molar-refractivity contribution < 1.29 is 4.79 Å². The Kier molecular flexibility index (Phi) is 6.32. The third-order valence-corrected chi connectivity index (χ3v) is 6.49. The molecule has 8 nitrogen and oxygen atoms in total. The van der Waals surface area contributed by atoms with E-state index in [2.05, 4.69) is 50.3 Å². The van der Waals surface area contributed by atoms with E-state index in [1.165, 1.54) is 21.8 Å². The summed E-state index contributed by atoms with van der Waals surface area (Å²) in [5.74, 6) is 6.38. The van der Waals surface area contributed by atoms with E-state index in [4.69, 9.17) is 5.84 Å². The van der Waals surface area contributed by atoms with Crippen LogP contribution in [0.5, 0.6) is 0 Å². The third kappa shape index (κ3) is 4.95. The summed E-state index contributed by atoms with van der Waals surface area (Å²) < 4.78 is 1.28.